The molecule has 0 unspecified atom stereocenters. The molecule has 1 atom stereocenters. The predicted molar refractivity (Wildman–Crippen MR) is 133 cm³/mol. The minimum atomic E-state index is -0.461. The molecule has 1 aromatic carbocycles. The number of carbonyl (C=O) groups is 2. The number of pyridine rings is 2. The lowest BCUT2D eigenvalue weighted by molar-refractivity contribution is 0.0705. The zero-order valence-electron chi connectivity index (χ0n) is 19.6. The maximum absolute atomic E-state index is 13.4. The molecular weight excluding hydrogens is 442 g/mol. The van der Waals surface area contributed by atoms with E-state index in [1.807, 2.05) is 41.3 Å². The molecule has 2 aromatic heterocycles. The van der Waals surface area contributed by atoms with E-state index in [1.165, 1.54) is 0 Å². The molecule has 5 rings (SSSR count). The highest BCUT2D eigenvalue weighted by atomic mass is 16.5. The number of nitrogens with two attached hydrogens (primary N) is 1. The molecule has 180 valence electrons. The van der Waals surface area contributed by atoms with Crippen molar-refractivity contribution in [3.8, 4) is 11.3 Å². The van der Waals surface area contributed by atoms with Crippen LogP contribution >= 0.6 is 0 Å². The van der Waals surface area contributed by atoms with Gasteiger partial charge in [0.1, 0.15) is 5.82 Å². The highest BCUT2D eigenvalue weighted by Gasteiger charge is 2.27. The van der Waals surface area contributed by atoms with Crippen LogP contribution in [0, 0.1) is 0 Å². The summed E-state index contributed by atoms with van der Waals surface area (Å²) in [6.45, 7) is 4.25. The van der Waals surface area contributed by atoms with E-state index in [0.29, 0.717) is 30.9 Å². The number of benzene rings is 1. The van der Waals surface area contributed by atoms with Gasteiger partial charge in [0.25, 0.3) is 5.91 Å². The van der Waals surface area contributed by atoms with Gasteiger partial charge in [-0.15, -0.1) is 0 Å². The average Bonchev–Trinajstić information content (AvgIpc) is 2.93. The summed E-state index contributed by atoms with van der Waals surface area (Å²) < 4.78 is 5.43. The van der Waals surface area contributed by atoms with Crippen LogP contribution in [0.25, 0.3) is 11.3 Å². The van der Waals surface area contributed by atoms with Gasteiger partial charge in [-0.05, 0) is 49.2 Å². The van der Waals surface area contributed by atoms with Gasteiger partial charge in [0, 0.05) is 60.7 Å². The number of amides is 2. The number of morpholine rings is 1. The van der Waals surface area contributed by atoms with Crippen molar-refractivity contribution >= 4 is 17.6 Å². The zero-order valence-corrected chi connectivity index (χ0v) is 19.6. The van der Waals surface area contributed by atoms with Crippen LogP contribution in [-0.4, -0.2) is 66.1 Å². The zero-order chi connectivity index (χ0) is 24.2. The third kappa shape index (κ3) is 5.17. The molecule has 2 saturated heterocycles. The van der Waals surface area contributed by atoms with Crippen LogP contribution in [-0.2, 0) is 4.74 Å². The second-order valence-electron chi connectivity index (χ2n) is 8.99. The molecular formula is C27H29N5O3. The normalized spacial score (nSPS) is 18.3. The summed E-state index contributed by atoms with van der Waals surface area (Å²) in [5.74, 6) is 0.530. The van der Waals surface area contributed by atoms with Crippen molar-refractivity contribution in [1.29, 1.82) is 0 Å². The standard InChI is InChI=1S/C27H29N5O3/c28-26(33)20-5-1-4-19(16-20)23-7-2-8-24(30-23)22-6-3-11-32(18-22)27(34)21-9-10-29-25(17-21)31-12-14-35-15-13-31/h1-2,4-5,7-10,16-17,22H,3,6,11-15,18H2,(H2,28,33)/t22-/m0/s1. The molecule has 0 spiro atoms. The lowest BCUT2D eigenvalue weighted by Gasteiger charge is -2.33. The maximum atomic E-state index is 13.4. The highest BCUT2D eigenvalue weighted by molar-refractivity contribution is 5.95. The minimum Gasteiger partial charge on any atom is -0.378 e. The van der Waals surface area contributed by atoms with Crippen LogP contribution in [0.1, 0.15) is 45.2 Å². The lowest BCUT2D eigenvalue weighted by Crippen LogP contribution is -2.40. The summed E-state index contributed by atoms with van der Waals surface area (Å²) in [5, 5.41) is 0. The first kappa shape index (κ1) is 23.0. The number of ether oxygens (including phenoxy) is 1. The van der Waals surface area contributed by atoms with E-state index in [2.05, 4.69) is 9.88 Å². The topological polar surface area (TPSA) is 102 Å². The van der Waals surface area contributed by atoms with Gasteiger partial charge in [0.05, 0.1) is 18.9 Å². The summed E-state index contributed by atoms with van der Waals surface area (Å²) in [6, 6.07) is 16.8. The van der Waals surface area contributed by atoms with Gasteiger partial charge in [0.2, 0.25) is 5.91 Å². The molecule has 35 heavy (non-hydrogen) atoms. The fourth-order valence-electron chi connectivity index (χ4n) is 4.77. The first-order valence-electron chi connectivity index (χ1n) is 12.0. The Hall–Kier alpha value is -3.78. The molecule has 2 amide bonds. The number of aromatic nitrogens is 2. The average molecular weight is 472 g/mol. The number of carbonyl (C=O) groups excluding carboxylic acids is 2. The summed E-state index contributed by atoms with van der Waals surface area (Å²) in [4.78, 5) is 38.4. The van der Waals surface area contributed by atoms with Crippen LogP contribution in [0.2, 0.25) is 0 Å². The number of hydrogen-bond acceptors (Lipinski definition) is 6. The van der Waals surface area contributed by atoms with Crippen molar-refractivity contribution < 1.29 is 14.3 Å². The summed E-state index contributed by atoms with van der Waals surface area (Å²) in [6.07, 6.45) is 3.60. The van der Waals surface area contributed by atoms with Gasteiger partial charge < -0.3 is 20.3 Å². The van der Waals surface area contributed by atoms with Crippen LogP contribution < -0.4 is 10.6 Å². The van der Waals surface area contributed by atoms with E-state index >= 15 is 0 Å². The lowest BCUT2D eigenvalue weighted by atomic mass is 9.93. The number of nitrogens with zero attached hydrogens (tertiary/aromatic N) is 4. The number of hydrogen-bond donors (Lipinski definition) is 1. The molecule has 8 nitrogen and oxygen atoms in total. The van der Waals surface area contributed by atoms with Crippen molar-refractivity contribution in [3.05, 3.63) is 77.6 Å². The Kier molecular flexibility index (Phi) is 6.72. The third-order valence-electron chi connectivity index (χ3n) is 6.67. The first-order valence-corrected chi connectivity index (χ1v) is 12.0. The summed E-state index contributed by atoms with van der Waals surface area (Å²) in [7, 11) is 0. The van der Waals surface area contributed by atoms with Gasteiger partial charge in [-0.25, -0.2) is 4.98 Å². The van der Waals surface area contributed by atoms with Gasteiger partial charge in [0.15, 0.2) is 0 Å². The quantitative estimate of drug-likeness (QED) is 0.614. The van der Waals surface area contributed by atoms with Crippen molar-refractivity contribution in [1.82, 2.24) is 14.9 Å². The van der Waals surface area contributed by atoms with Gasteiger partial charge >= 0.3 is 0 Å². The van der Waals surface area contributed by atoms with Crippen LogP contribution in [0.5, 0.6) is 0 Å². The second-order valence-corrected chi connectivity index (χ2v) is 8.99. The van der Waals surface area contributed by atoms with Crippen LogP contribution in [0.15, 0.2) is 60.8 Å². The molecule has 3 aromatic rings. The van der Waals surface area contributed by atoms with Crippen LogP contribution in [0.3, 0.4) is 0 Å². The van der Waals surface area contributed by atoms with E-state index in [-0.39, 0.29) is 11.8 Å². The van der Waals surface area contributed by atoms with Gasteiger partial charge in [-0.2, -0.15) is 0 Å². The predicted octanol–water partition coefficient (Wildman–Crippen LogP) is 3.10. The molecule has 2 aliphatic heterocycles. The fourth-order valence-corrected chi connectivity index (χ4v) is 4.77. The third-order valence-corrected chi connectivity index (χ3v) is 6.67. The molecule has 0 radical (unpaired) electrons. The molecule has 2 fully saturated rings. The Morgan fingerprint density at radius 2 is 1.80 bits per heavy atom. The number of likely N-dealkylation sites (tertiary alicyclic amines) is 1. The number of piperidine rings is 1. The van der Waals surface area contributed by atoms with E-state index in [4.69, 9.17) is 15.5 Å². The highest BCUT2D eigenvalue weighted by Crippen LogP contribution is 2.29. The van der Waals surface area contributed by atoms with Gasteiger partial charge in [-0.1, -0.05) is 18.2 Å². The van der Waals surface area contributed by atoms with E-state index in [1.54, 1.807) is 24.4 Å². The Morgan fingerprint density at radius 1 is 0.971 bits per heavy atom. The van der Waals surface area contributed by atoms with Gasteiger partial charge in [-0.3, -0.25) is 14.6 Å². The molecule has 4 heterocycles. The Labute approximate surface area is 204 Å². The van der Waals surface area contributed by atoms with Crippen molar-refractivity contribution in [2.24, 2.45) is 5.73 Å². The number of primary amides is 1. The molecule has 0 aliphatic carbocycles. The number of rotatable bonds is 5. The molecule has 8 heteroatoms. The van der Waals surface area contributed by atoms with E-state index < -0.39 is 5.91 Å². The largest absolute Gasteiger partial charge is 0.378 e. The fraction of sp³-hybridized carbons (Fsp3) is 0.333. The Morgan fingerprint density at radius 3 is 2.63 bits per heavy atom. The van der Waals surface area contributed by atoms with E-state index in [9.17, 15) is 9.59 Å². The molecule has 2 N–H and O–H groups in total. The molecule has 0 saturated carbocycles. The van der Waals surface area contributed by atoms with Crippen LogP contribution in [0.4, 0.5) is 5.82 Å². The monoisotopic (exact) mass is 471 g/mol. The first-order chi connectivity index (χ1) is 17.1. The Bertz CT molecular complexity index is 1220. The van der Waals surface area contributed by atoms with Crippen molar-refractivity contribution in [3.63, 3.8) is 0 Å². The SMILES string of the molecule is NC(=O)c1cccc(-c2cccc([C@H]3CCCN(C(=O)c4ccnc(N5CCOCC5)c4)C3)n2)c1. The molecule has 0 bridgehead atoms. The van der Waals surface area contributed by atoms with Crippen molar-refractivity contribution in [2.45, 2.75) is 18.8 Å². The summed E-state index contributed by atoms with van der Waals surface area (Å²) >= 11 is 0. The number of anilines is 1. The van der Waals surface area contributed by atoms with Crippen molar-refractivity contribution in [2.75, 3.05) is 44.3 Å². The smallest absolute Gasteiger partial charge is 0.254 e. The summed E-state index contributed by atoms with van der Waals surface area (Å²) in [5.41, 5.74) is 9.15. The molecule has 2 aliphatic rings. The Balaban J connectivity index is 1.32. The minimum absolute atomic E-state index is 0.0249. The van der Waals surface area contributed by atoms with E-state index in [0.717, 1.165) is 55.2 Å². The second kappa shape index (κ2) is 10.2. The maximum Gasteiger partial charge on any atom is 0.254 e.